The van der Waals surface area contributed by atoms with Gasteiger partial charge in [0, 0.05) is 0 Å². The Morgan fingerprint density at radius 2 is 1.91 bits per heavy atom. The minimum atomic E-state index is 0.163. The topological polar surface area (TPSA) is 29.5 Å². The van der Waals surface area contributed by atoms with Gasteiger partial charge in [-0.3, -0.25) is 0 Å². The van der Waals surface area contributed by atoms with Crippen LogP contribution in [0, 0.1) is 0 Å². The predicted octanol–water partition coefficient (Wildman–Crippen LogP) is 1.99. The lowest BCUT2D eigenvalue weighted by Gasteiger charge is -2.00. The summed E-state index contributed by atoms with van der Waals surface area (Å²) in [5.74, 6) is 0.769. The molecular weight excluding hydrogens is 180 g/mol. The molecule has 0 aromatic heterocycles. The Bertz CT molecular complexity index is 256. The second-order valence-electron chi connectivity index (χ2n) is 1.86. The maximum Gasteiger partial charge on any atom is 0.222 e. The largest absolute Gasteiger partial charge is 0.508 e. The van der Waals surface area contributed by atoms with Crippen LogP contribution in [0.1, 0.15) is 0 Å². The number of hydrogen-bond donors (Lipinski definition) is 2. The Balaban J connectivity index is 2.74. The standard InChI is InChI=1S/C7H6O2S2/c8-5-1-3-6(4-2-5)9-7(10)11/h1-4,8H,(H,10,11). The molecule has 1 N–H and O–H groups in total. The molecule has 0 saturated carbocycles. The summed E-state index contributed by atoms with van der Waals surface area (Å²) in [5, 5.41) is 8.88. The number of ether oxygens (including phenoxy) is 1. The highest BCUT2D eigenvalue weighted by molar-refractivity contribution is 8.10. The van der Waals surface area contributed by atoms with E-state index >= 15 is 0 Å². The lowest BCUT2D eigenvalue weighted by atomic mass is 10.3. The number of rotatable bonds is 1. The van der Waals surface area contributed by atoms with Gasteiger partial charge < -0.3 is 9.84 Å². The third-order valence-electron chi connectivity index (χ3n) is 1.04. The zero-order chi connectivity index (χ0) is 8.27. The van der Waals surface area contributed by atoms with Gasteiger partial charge in [0.15, 0.2) is 0 Å². The Hall–Kier alpha value is -0.740. The molecule has 0 atom stereocenters. The Morgan fingerprint density at radius 3 is 2.36 bits per heavy atom. The number of aromatic hydroxyl groups is 1. The van der Waals surface area contributed by atoms with Gasteiger partial charge >= 0.3 is 0 Å². The summed E-state index contributed by atoms with van der Waals surface area (Å²) in [5.41, 5.74) is 0. The number of thiol groups is 1. The van der Waals surface area contributed by atoms with E-state index in [1.807, 2.05) is 0 Å². The average molecular weight is 186 g/mol. The van der Waals surface area contributed by atoms with Crippen LogP contribution in [0.5, 0.6) is 11.5 Å². The minimum absolute atomic E-state index is 0.163. The van der Waals surface area contributed by atoms with Crippen LogP contribution < -0.4 is 4.74 Å². The molecule has 0 aliphatic heterocycles. The first-order valence-electron chi connectivity index (χ1n) is 2.88. The summed E-state index contributed by atoms with van der Waals surface area (Å²) >= 11 is 8.37. The molecule has 11 heavy (non-hydrogen) atoms. The lowest BCUT2D eigenvalue weighted by molar-refractivity contribution is 0.473. The normalized spacial score (nSPS) is 9.18. The quantitative estimate of drug-likeness (QED) is 0.519. The van der Waals surface area contributed by atoms with Crippen molar-refractivity contribution in [3.8, 4) is 11.5 Å². The fraction of sp³-hybridized carbons (Fsp3) is 0. The Morgan fingerprint density at radius 1 is 1.36 bits per heavy atom. The van der Waals surface area contributed by atoms with Crippen molar-refractivity contribution >= 4 is 29.2 Å². The smallest absolute Gasteiger partial charge is 0.222 e. The van der Waals surface area contributed by atoms with Crippen LogP contribution in [0.15, 0.2) is 24.3 Å². The summed E-state index contributed by atoms with van der Waals surface area (Å²) in [6.45, 7) is 0. The number of benzene rings is 1. The van der Waals surface area contributed by atoms with Crippen LogP contribution in [0.4, 0.5) is 0 Å². The summed E-state index contributed by atoms with van der Waals surface area (Å²) in [6.07, 6.45) is 0. The molecule has 1 aromatic rings. The zero-order valence-electron chi connectivity index (χ0n) is 5.52. The summed E-state index contributed by atoms with van der Waals surface area (Å²) in [4.78, 5) is 0. The number of thiocarbonyl (C=S) groups is 1. The van der Waals surface area contributed by atoms with Crippen molar-refractivity contribution in [3.05, 3.63) is 24.3 Å². The van der Waals surface area contributed by atoms with Gasteiger partial charge in [-0.05, 0) is 36.5 Å². The summed E-state index contributed by atoms with van der Waals surface area (Å²) in [7, 11) is 0. The number of phenols is 1. The fourth-order valence-electron chi connectivity index (χ4n) is 0.615. The molecule has 2 nitrogen and oxygen atoms in total. The van der Waals surface area contributed by atoms with E-state index < -0.39 is 0 Å². The monoisotopic (exact) mass is 186 g/mol. The van der Waals surface area contributed by atoms with Gasteiger partial charge in [-0.15, -0.1) is 0 Å². The molecule has 4 heteroatoms. The van der Waals surface area contributed by atoms with Crippen molar-refractivity contribution < 1.29 is 9.84 Å². The highest BCUT2D eigenvalue weighted by atomic mass is 32.1. The van der Waals surface area contributed by atoms with Gasteiger partial charge in [0.05, 0.1) is 0 Å². The second-order valence-corrected chi connectivity index (χ2v) is 2.94. The number of hydrogen-bond acceptors (Lipinski definition) is 3. The van der Waals surface area contributed by atoms with Gasteiger partial charge in [0.1, 0.15) is 11.5 Å². The van der Waals surface area contributed by atoms with E-state index in [2.05, 4.69) is 24.8 Å². The van der Waals surface area contributed by atoms with Crippen LogP contribution in [0.2, 0.25) is 0 Å². The summed E-state index contributed by atoms with van der Waals surface area (Å²) < 4.78 is 5.12. The molecule has 0 bridgehead atoms. The Kier molecular flexibility index (Phi) is 2.73. The minimum Gasteiger partial charge on any atom is -0.508 e. The van der Waals surface area contributed by atoms with E-state index in [-0.39, 0.29) is 10.1 Å². The molecule has 0 fully saturated rings. The van der Waals surface area contributed by atoms with E-state index in [9.17, 15) is 0 Å². The highest BCUT2D eigenvalue weighted by Crippen LogP contribution is 2.16. The molecule has 1 aromatic carbocycles. The van der Waals surface area contributed by atoms with Crippen molar-refractivity contribution in [2.75, 3.05) is 0 Å². The van der Waals surface area contributed by atoms with Gasteiger partial charge in [0.25, 0.3) is 0 Å². The predicted molar refractivity (Wildman–Crippen MR) is 50.3 cm³/mol. The van der Waals surface area contributed by atoms with E-state index in [0.29, 0.717) is 5.75 Å². The molecule has 0 unspecified atom stereocenters. The first-order valence-corrected chi connectivity index (χ1v) is 3.74. The van der Waals surface area contributed by atoms with Gasteiger partial charge in [-0.2, -0.15) is 0 Å². The third-order valence-corrected chi connectivity index (χ3v) is 1.22. The van der Waals surface area contributed by atoms with Crippen molar-refractivity contribution in [2.45, 2.75) is 0 Å². The zero-order valence-corrected chi connectivity index (χ0v) is 7.23. The van der Waals surface area contributed by atoms with E-state index in [1.54, 1.807) is 12.1 Å². The first kappa shape index (κ1) is 8.36. The molecule has 58 valence electrons. The molecule has 1 rings (SSSR count). The maximum absolute atomic E-state index is 8.88. The van der Waals surface area contributed by atoms with Crippen molar-refractivity contribution in [3.63, 3.8) is 0 Å². The van der Waals surface area contributed by atoms with Crippen molar-refractivity contribution in [1.29, 1.82) is 0 Å². The molecule has 0 aliphatic carbocycles. The average Bonchev–Trinajstić information content (AvgIpc) is 1.93. The second kappa shape index (κ2) is 3.59. The van der Waals surface area contributed by atoms with E-state index in [0.717, 1.165) is 0 Å². The van der Waals surface area contributed by atoms with Crippen LogP contribution >= 0.6 is 24.8 Å². The third kappa shape index (κ3) is 2.78. The van der Waals surface area contributed by atoms with E-state index in [1.165, 1.54) is 12.1 Å². The summed E-state index contributed by atoms with van der Waals surface area (Å²) in [6, 6.07) is 6.25. The molecule has 0 aliphatic rings. The van der Waals surface area contributed by atoms with Crippen molar-refractivity contribution in [2.24, 2.45) is 0 Å². The van der Waals surface area contributed by atoms with Crippen LogP contribution in [0.25, 0.3) is 0 Å². The lowest BCUT2D eigenvalue weighted by Crippen LogP contribution is -1.94. The number of phenolic OH excluding ortho intramolecular Hbond substituents is 1. The molecule has 0 saturated heterocycles. The van der Waals surface area contributed by atoms with Crippen molar-refractivity contribution in [1.82, 2.24) is 0 Å². The maximum atomic E-state index is 8.88. The molecule has 0 spiro atoms. The fourth-order valence-corrected chi connectivity index (χ4v) is 0.817. The first-order chi connectivity index (χ1) is 5.18. The van der Waals surface area contributed by atoms with Crippen LogP contribution in [0.3, 0.4) is 0 Å². The molecule has 0 amide bonds. The van der Waals surface area contributed by atoms with Gasteiger partial charge in [-0.25, -0.2) is 0 Å². The SMILES string of the molecule is Oc1ccc(OC(=S)S)cc1. The van der Waals surface area contributed by atoms with Gasteiger partial charge in [-0.1, -0.05) is 12.6 Å². The molecule has 0 radical (unpaired) electrons. The molecule has 0 heterocycles. The molecular formula is C7H6O2S2. The van der Waals surface area contributed by atoms with Crippen LogP contribution in [-0.4, -0.2) is 9.49 Å². The van der Waals surface area contributed by atoms with E-state index in [4.69, 9.17) is 9.84 Å². The Labute approximate surface area is 75.2 Å². The highest BCUT2D eigenvalue weighted by Gasteiger charge is 1.94. The van der Waals surface area contributed by atoms with Crippen LogP contribution in [-0.2, 0) is 0 Å². The van der Waals surface area contributed by atoms with Gasteiger partial charge in [0.2, 0.25) is 4.38 Å².